The Morgan fingerprint density at radius 1 is 1.20 bits per heavy atom. The van der Waals surface area contributed by atoms with E-state index in [-0.39, 0.29) is 5.91 Å². The molecule has 0 saturated heterocycles. The van der Waals surface area contributed by atoms with E-state index >= 15 is 0 Å². The van der Waals surface area contributed by atoms with Crippen molar-refractivity contribution in [3.63, 3.8) is 0 Å². The van der Waals surface area contributed by atoms with Gasteiger partial charge in [-0.2, -0.15) is 0 Å². The average Bonchev–Trinajstić information content (AvgIpc) is 2.42. The highest BCUT2D eigenvalue weighted by Gasteiger charge is 2.08. The summed E-state index contributed by atoms with van der Waals surface area (Å²) in [6.45, 7) is 3.59. The molecule has 1 amide bonds. The van der Waals surface area contributed by atoms with Crippen molar-refractivity contribution < 1.29 is 9.90 Å². The van der Waals surface area contributed by atoms with Gasteiger partial charge in [-0.3, -0.25) is 4.79 Å². The predicted octanol–water partition coefficient (Wildman–Crippen LogP) is 2.88. The fourth-order valence-corrected chi connectivity index (χ4v) is 1.83. The van der Waals surface area contributed by atoms with Crippen LogP contribution in [0, 0.1) is 6.92 Å². The number of amides is 1. The van der Waals surface area contributed by atoms with Gasteiger partial charge in [-0.25, -0.2) is 0 Å². The topological polar surface area (TPSA) is 75.3 Å². The third-order valence-corrected chi connectivity index (χ3v) is 3.19. The number of benzene rings is 2. The summed E-state index contributed by atoms with van der Waals surface area (Å²) in [6.07, 6.45) is -0.517. The maximum absolute atomic E-state index is 12.1. The van der Waals surface area contributed by atoms with Gasteiger partial charge in [0.2, 0.25) is 0 Å². The molecule has 20 heavy (non-hydrogen) atoms. The van der Waals surface area contributed by atoms with E-state index in [1.54, 1.807) is 43.3 Å². The molecule has 0 heterocycles. The molecule has 0 bridgehead atoms. The van der Waals surface area contributed by atoms with Crippen LogP contribution in [0.25, 0.3) is 0 Å². The maximum Gasteiger partial charge on any atom is 0.255 e. The number of aryl methyl sites for hydroxylation is 1. The lowest BCUT2D eigenvalue weighted by molar-refractivity contribution is 0.102. The van der Waals surface area contributed by atoms with Crippen LogP contribution < -0.4 is 11.1 Å². The van der Waals surface area contributed by atoms with Crippen LogP contribution in [0.4, 0.5) is 11.4 Å². The standard InChI is InChI=1S/C16H18N2O2/c1-10-3-4-13(9-15(10)17)16(20)18-14-7-5-12(6-8-14)11(2)19/h3-9,11,19H,17H2,1-2H3,(H,18,20)/t11-/m0/s1. The van der Waals surface area contributed by atoms with E-state index in [2.05, 4.69) is 5.32 Å². The summed E-state index contributed by atoms with van der Waals surface area (Å²) in [7, 11) is 0. The maximum atomic E-state index is 12.1. The Hall–Kier alpha value is -2.33. The first-order chi connectivity index (χ1) is 9.47. The average molecular weight is 270 g/mol. The minimum absolute atomic E-state index is 0.207. The normalized spacial score (nSPS) is 11.9. The number of nitrogen functional groups attached to an aromatic ring is 1. The number of rotatable bonds is 3. The molecule has 0 saturated carbocycles. The number of carbonyl (C=O) groups excluding carboxylic acids is 1. The number of aliphatic hydroxyl groups excluding tert-OH is 1. The Kier molecular flexibility index (Phi) is 4.05. The zero-order valence-electron chi connectivity index (χ0n) is 11.6. The first-order valence-corrected chi connectivity index (χ1v) is 6.43. The minimum atomic E-state index is -0.517. The van der Waals surface area contributed by atoms with Crippen molar-refractivity contribution in [1.82, 2.24) is 0 Å². The number of aliphatic hydroxyl groups is 1. The number of nitrogens with two attached hydrogens (primary N) is 1. The lowest BCUT2D eigenvalue weighted by Gasteiger charge is -2.09. The second-order valence-electron chi connectivity index (χ2n) is 4.82. The highest BCUT2D eigenvalue weighted by atomic mass is 16.3. The summed E-state index contributed by atoms with van der Waals surface area (Å²) in [5.74, 6) is -0.207. The van der Waals surface area contributed by atoms with Gasteiger partial charge in [0.05, 0.1) is 6.10 Å². The van der Waals surface area contributed by atoms with Crippen molar-refractivity contribution in [3.05, 3.63) is 59.2 Å². The lowest BCUT2D eigenvalue weighted by atomic mass is 10.1. The van der Waals surface area contributed by atoms with Crippen LogP contribution in [-0.4, -0.2) is 11.0 Å². The van der Waals surface area contributed by atoms with Crippen molar-refractivity contribution >= 4 is 17.3 Å². The van der Waals surface area contributed by atoms with Crippen LogP contribution in [0.3, 0.4) is 0 Å². The molecule has 0 unspecified atom stereocenters. The Bertz CT molecular complexity index is 619. The molecular weight excluding hydrogens is 252 g/mol. The molecule has 0 radical (unpaired) electrons. The van der Waals surface area contributed by atoms with Gasteiger partial charge >= 0.3 is 0 Å². The van der Waals surface area contributed by atoms with E-state index < -0.39 is 6.10 Å². The number of hydrogen-bond acceptors (Lipinski definition) is 3. The zero-order valence-corrected chi connectivity index (χ0v) is 11.6. The molecule has 0 fully saturated rings. The molecule has 0 aliphatic carbocycles. The number of nitrogens with one attached hydrogen (secondary N) is 1. The van der Waals surface area contributed by atoms with Gasteiger partial charge < -0.3 is 16.2 Å². The van der Waals surface area contributed by atoms with Crippen LogP contribution in [0.15, 0.2) is 42.5 Å². The summed E-state index contributed by atoms with van der Waals surface area (Å²) < 4.78 is 0. The quantitative estimate of drug-likeness (QED) is 0.751. The first-order valence-electron chi connectivity index (χ1n) is 6.43. The molecule has 4 heteroatoms. The molecule has 0 aromatic heterocycles. The third kappa shape index (κ3) is 3.16. The summed E-state index contributed by atoms with van der Waals surface area (Å²) in [5.41, 5.74) is 9.35. The predicted molar refractivity (Wildman–Crippen MR) is 80.6 cm³/mol. The first kappa shape index (κ1) is 14.1. The van der Waals surface area contributed by atoms with Gasteiger partial charge in [-0.15, -0.1) is 0 Å². The van der Waals surface area contributed by atoms with Crippen molar-refractivity contribution in [2.24, 2.45) is 0 Å². The third-order valence-electron chi connectivity index (χ3n) is 3.19. The molecule has 0 aliphatic heterocycles. The van der Waals surface area contributed by atoms with Crippen LogP contribution >= 0.6 is 0 Å². The number of carbonyl (C=O) groups is 1. The van der Waals surface area contributed by atoms with Gasteiger partial charge in [-0.1, -0.05) is 18.2 Å². The Labute approximate surface area is 118 Å². The highest BCUT2D eigenvalue weighted by Crippen LogP contribution is 2.17. The Balaban J connectivity index is 2.12. The molecule has 4 nitrogen and oxygen atoms in total. The second-order valence-corrected chi connectivity index (χ2v) is 4.82. The summed E-state index contributed by atoms with van der Waals surface area (Å²) in [4.78, 5) is 12.1. The summed E-state index contributed by atoms with van der Waals surface area (Å²) in [5, 5.41) is 12.2. The van der Waals surface area contributed by atoms with E-state index in [0.29, 0.717) is 16.9 Å². The van der Waals surface area contributed by atoms with Gasteiger partial charge in [0, 0.05) is 16.9 Å². The van der Waals surface area contributed by atoms with E-state index in [1.165, 1.54) is 0 Å². The summed E-state index contributed by atoms with van der Waals surface area (Å²) >= 11 is 0. The Morgan fingerprint density at radius 2 is 1.85 bits per heavy atom. The van der Waals surface area contributed by atoms with Gasteiger partial charge in [0.25, 0.3) is 5.91 Å². The van der Waals surface area contributed by atoms with Gasteiger partial charge in [0.1, 0.15) is 0 Å². The van der Waals surface area contributed by atoms with Crippen molar-refractivity contribution in [2.45, 2.75) is 20.0 Å². The van der Waals surface area contributed by atoms with Crippen LogP contribution in [0.1, 0.15) is 34.5 Å². The molecule has 4 N–H and O–H groups in total. The van der Waals surface area contributed by atoms with Crippen LogP contribution in [0.5, 0.6) is 0 Å². The lowest BCUT2D eigenvalue weighted by Crippen LogP contribution is -2.12. The van der Waals surface area contributed by atoms with Gasteiger partial charge in [0.15, 0.2) is 0 Å². The van der Waals surface area contributed by atoms with Crippen molar-refractivity contribution in [2.75, 3.05) is 11.1 Å². The van der Waals surface area contributed by atoms with E-state index in [4.69, 9.17) is 5.73 Å². The fourth-order valence-electron chi connectivity index (χ4n) is 1.83. The fraction of sp³-hybridized carbons (Fsp3) is 0.188. The molecule has 2 aromatic rings. The molecule has 0 aliphatic rings. The second kappa shape index (κ2) is 5.75. The Morgan fingerprint density at radius 3 is 2.40 bits per heavy atom. The molecule has 1 atom stereocenters. The molecular formula is C16H18N2O2. The largest absolute Gasteiger partial charge is 0.398 e. The van der Waals surface area contributed by atoms with Gasteiger partial charge in [-0.05, 0) is 49.2 Å². The molecule has 0 spiro atoms. The monoisotopic (exact) mass is 270 g/mol. The zero-order chi connectivity index (χ0) is 14.7. The van der Waals surface area contributed by atoms with Crippen molar-refractivity contribution in [3.8, 4) is 0 Å². The van der Waals surface area contributed by atoms with E-state index in [9.17, 15) is 9.90 Å². The van der Waals surface area contributed by atoms with Crippen LogP contribution in [-0.2, 0) is 0 Å². The molecule has 2 aromatic carbocycles. The highest BCUT2D eigenvalue weighted by molar-refractivity contribution is 6.04. The number of anilines is 2. The minimum Gasteiger partial charge on any atom is -0.398 e. The SMILES string of the molecule is Cc1ccc(C(=O)Nc2ccc([C@H](C)O)cc2)cc1N. The van der Waals surface area contributed by atoms with Crippen LogP contribution in [0.2, 0.25) is 0 Å². The summed E-state index contributed by atoms with van der Waals surface area (Å²) in [6, 6.07) is 12.3. The van der Waals surface area contributed by atoms with E-state index in [1.807, 2.05) is 13.0 Å². The van der Waals surface area contributed by atoms with E-state index in [0.717, 1.165) is 11.1 Å². The molecule has 2 rings (SSSR count). The molecule has 104 valence electrons. The van der Waals surface area contributed by atoms with Crippen molar-refractivity contribution in [1.29, 1.82) is 0 Å². The number of hydrogen-bond donors (Lipinski definition) is 3. The smallest absolute Gasteiger partial charge is 0.255 e.